The van der Waals surface area contributed by atoms with Crippen molar-refractivity contribution in [2.45, 2.75) is 26.1 Å². The van der Waals surface area contributed by atoms with Crippen LogP contribution in [0, 0.1) is 0 Å². The molecule has 0 saturated heterocycles. The lowest BCUT2D eigenvalue weighted by Crippen LogP contribution is -2.35. The molecule has 0 bridgehead atoms. The number of carbonyl (C=O) groups excluding carboxylic acids is 2. The van der Waals surface area contributed by atoms with E-state index in [-0.39, 0.29) is 0 Å². The molecule has 1 N–H and O–H groups in total. The van der Waals surface area contributed by atoms with Gasteiger partial charge in [0.2, 0.25) is 0 Å². The summed E-state index contributed by atoms with van der Waals surface area (Å²) < 4.78 is 15.7. The minimum absolute atomic E-state index is 0.442. The number of ether oxygens (including phenoxy) is 3. The molecule has 1 amide bonds. The molecule has 0 aliphatic rings. The molecule has 2 aromatic carbocycles. The Bertz CT molecular complexity index is 746. The summed E-state index contributed by atoms with van der Waals surface area (Å²) in [6.45, 7) is 3.04. The maximum Gasteiger partial charge on any atom is 0.347 e. The molecule has 0 aliphatic heterocycles. The van der Waals surface area contributed by atoms with E-state index in [1.165, 1.54) is 6.92 Å². The zero-order valence-electron chi connectivity index (χ0n) is 14.7. The number of rotatable bonds is 7. The van der Waals surface area contributed by atoms with Crippen LogP contribution in [0.25, 0.3) is 0 Å². The van der Waals surface area contributed by atoms with Crippen LogP contribution in [0.4, 0.5) is 5.69 Å². The van der Waals surface area contributed by atoms with Crippen molar-refractivity contribution in [2.75, 3.05) is 12.4 Å². The van der Waals surface area contributed by atoms with Gasteiger partial charge in [-0.15, -0.1) is 0 Å². The second-order valence-electron chi connectivity index (χ2n) is 5.51. The molecule has 2 rings (SSSR count). The molecule has 0 fully saturated rings. The molecule has 0 spiro atoms. The highest BCUT2D eigenvalue weighted by atomic mass is 35.5. The molecule has 0 aromatic heterocycles. The Hall–Kier alpha value is -2.73. The number of benzene rings is 2. The molecule has 2 aromatic rings. The summed E-state index contributed by atoms with van der Waals surface area (Å²) >= 11 is 5.80. The molecule has 0 radical (unpaired) electrons. The van der Waals surface area contributed by atoms with Gasteiger partial charge in [-0.1, -0.05) is 11.6 Å². The van der Waals surface area contributed by atoms with Crippen LogP contribution < -0.4 is 14.8 Å². The summed E-state index contributed by atoms with van der Waals surface area (Å²) in [5, 5.41) is 3.23. The molecular weight excluding hydrogens is 358 g/mol. The molecule has 138 valence electrons. The number of anilines is 1. The lowest BCUT2D eigenvalue weighted by molar-refractivity contribution is -0.159. The third-order valence-electron chi connectivity index (χ3n) is 3.48. The van der Waals surface area contributed by atoms with E-state index >= 15 is 0 Å². The van der Waals surface area contributed by atoms with E-state index in [0.717, 1.165) is 0 Å². The monoisotopic (exact) mass is 377 g/mol. The largest absolute Gasteiger partial charge is 0.497 e. The van der Waals surface area contributed by atoms with E-state index in [9.17, 15) is 9.59 Å². The smallest absolute Gasteiger partial charge is 0.347 e. The van der Waals surface area contributed by atoms with Crippen LogP contribution >= 0.6 is 11.6 Å². The SMILES string of the molecule is COc1ccc(NC(=O)[C@@H](C)OC(=O)[C@@H](C)Oc2ccc(Cl)cc2)cc1. The van der Waals surface area contributed by atoms with Crippen LogP contribution in [-0.4, -0.2) is 31.2 Å². The third-order valence-corrected chi connectivity index (χ3v) is 3.73. The van der Waals surface area contributed by atoms with Crippen LogP contribution in [0.3, 0.4) is 0 Å². The Morgan fingerprint density at radius 1 is 0.923 bits per heavy atom. The van der Waals surface area contributed by atoms with Gasteiger partial charge in [-0.25, -0.2) is 4.79 Å². The first kappa shape index (κ1) is 19.6. The standard InChI is InChI=1S/C19H20ClNO5/c1-12(18(22)21-15-6-10-16(24-3)11-7-15)26-19(23)13(2)25-17-8-4-14(20)5-9-17/h4-13H,1-3H3,(H,21,22)/t12-,13-/m1/s1. The van der Waals surface area contributed by atoms with Gasteiger partial charge in [0.15, 0.2) is 12.2 Å². The summed E-state index contributed by atoms with van der Waals surface area (Å²) in [6, 6.07) is 13.4. The lowest BCUT2D eigenvalue weighted by Gasteiger charge is -2.18. The van der Waals surface area contributed by atoms with Gasteiger partial charge in [-0.3, -0.25) is 4.79 Å². The van der Waals surface area contributed by atoms with E-state index in [1.807, 2.05) is 0 Å². The first-order valence-electron chi connectivity index (χ1n) is 7.96. The van der Waals surface area contributed by atoms with Crippen LogP contribution in [0.5, 0.6) is 11.5 Å². The Morgan fingerprint density at radius 2 is 1.50 bits per heavy atom. The van der Waals surface area contributed by atoms with Gasteiger partial charge in [0.05, 0.1) is 7.11 Å². The molecule has 0 heterocycles. The molecule has 0 aliphatic carbocycles. The fourth-order valence-corrected chi connectivity index (χ4v) is 2.13. The van der Waals surface area contributed by atoms with E-state index in [0.29, 0.717) is 22.2 Å². The van der Waals surface area contributed by atoms with E-state index < -0.39 is 24.1 Å². The van der Waals surface area contributed by atoms with Crippen molar-refractivity contribution < 1.29 is 23.8 Å². The zero-order valence-corrected chi connectivity index (χ0v) is 15.4. The molecule has 26 heavy (non-hydrogen) atoms. The molecular formula is C19H20ClNO5. The van der Waals surface area contributed by atoms with E-state index in [4.69, 9.17) is 25.8 Å². The van der Waals surface area contributed by atoms with Crippen molar-refractivity contribution in [1.82, 2.24) is 0 Å². The van der Waals surface area contributed by atoms with Crippen molar-refractivity contribution in [3.8, 4) is 11.5 Å². The minimum atomic E-state index is -0.971. The van der Waals surface area contributed by atoms with Gasteiger partial charge >= 0.3 is 5.97 Å². The fraction of sp³-hybridized carbons (Fsp3) is 0.263. The van der Waals surface area contributed by atoms with Gasteiger partial charge in [0.1, 0.15) is 11.5 Å². The normalized spacial score (nSPS) is 12.6. The van der Waals surface area contributed by atoms with Crippen LogP contribution in [0.1, 0.15) is 13.8 Å². The predicted molar refractivity (Wildman–Crippen MR) is 98.7 cm³/mol. The quantitative estimate of drug-likeness (QED) is 0.745. The highest BCUT2D eigenvalue weighted by Gasteiger charge is 2.23. The van der Waals surface area contributed by atoms with E-state index in [2.05, 4.69) is 5.32 Å². The average molecular weight is 378 g/mol. The maximum atomic E-state index is 12.1. The van der Waals surface area contributed by atoms with E-state index in [1.54, 1.807) is 62.6 Å². The van der Waals surface area contributed by atoms with Gasteiger partial charge in [0, 0.05) is 10.7 Å². The predicted octanol–water partition coefficient (Wildman–Crippen LogP) is 3.69. The molecule has 6 nitrogen and oxygen atoms in total. The number of amides is 1. The Morgan fingerprint density at radius 3 is 2.08 bits per heavy atom. The first-order valence-corrected chi connectivity index (χ1v) is 8.34. The lowest BCUT2D eigenvalue weighted by atomic mass is 10.3. The summed E-state index contributed by atoms with van der Waals surface area (Å²) in [7, 11) is 1.56. The topological polar surface area (TPSA) is 73.9 Å². The Labute approximate surface area is 157 Å². The zero-order chi connectivity index (χ0) is 19.1. The van der Waals surface area contributed by atoms with Crippen molar-refractivity contribution in [3.63, 3.8) is 0 Å². The summed E-state index contributed by atoms with van der Waals surface area (Å²) in [4.78, 5) is 24.2. The highest BCUT2D eigenvalue weighted by Crippen LogP contribution is 2.18. The number of hydrogen-bond acceptors (Lipinski definition) is 5. The van der Waals surface area contributed by atoms with Crippen LogP contribution in [0.2, 0.25) is 5.02 Å². The maximum absolute atomic E-state index is 12.1. The van der Waals surface area contributed by atoms with Gasteiger partial charge in [0.25, 0.3) is 5.91 Å². The molecule has 2 atom stereocenters. The van der Waals surface area contributed by atoms with Gasteiger partial charge in [-0.2, -0.15) is 0 Å². The number of hydrogen-bond donors (Lipinski definition) is 1. The first-order chi connectivity index (χ1) is 12.4. The molecule has 7 heteroatoms. The average Bonchev–Trinajstić information content (AvgIpc) is 2.64. The van der Waals surface area contributed by atoms with Crippen molar-refractivity contribution in [2.24, 2.45) is 0 Å². The van der Waals surface area contributed by atoms with Gasteiger partial charge in [-0.05, 0) is 62.4 Å². The highest BCUT2D eigenvalue weighted by molar-refractivity contribution is 6.30. The van der Waals surface area contributed by atoms with Crippen molar-refractivity contribution in [3.05, 3.63) is 53.6 Å². The molecule has 0 unspecified atom stereocenters. The Balaban J connectivity index is 1.86. The Kier molecular flexibility index (Phi) is 6.86. The number of esters is 1. The molecule has 0 saturated carbocycles. The van der Waals surface area contributed by atoms with Crippen molar-refractivity contribution in [1.29, 1.82) is 0 Å². The number of methoxy groups -OCH3 is 1. The van der Waals surface area contributed by atoms with Crippen LogP contribution in [0.15, 0.2) is 48.5 Å². The second kappa shape index (κ2) is 9.10. The van der Waals surface area contributed by atoms with Gasteiger partial charge < -0.3 is 19.5 Å². The minimum Gasteiger partial charge on any atom is -0.497 e. The van der Waals surface area contributed by atoms with Crippen LogP contribution in [-0.2, 0) is 14.3 Å². The number of halogens is 1. The second-order valence-corrected chi connectivity index (χ2v) is 5.95. The summed E-state index contributed by atoms with van der Waals surface area (Å²) in [5.74, 6) is 0.0735. The third kappa shape index (κ3) is 5.67. The van der Waals surface area contributed by atoms with Crippen molar-refractivity contribution >= 4 is 29.2 Å². The fourth-order valence-electron chi connectivity index (χ4n) is 2.01. The summed E-state index contributed by atoms with van der Waals surface area (Å²) in [6.07, 6.45) is -1.84. The number of nitrogens with one attached hydrogen (secondary N) is 1. The number of carbonyl (C=O) groups is 2. The summed E-state index contributed by atoms with van der Waals surface area (Å²) in [5.41, 5.74) is 0.573.